The van der Waals surface area contributed by atoms with Gasteiger partial charge in [-0.2, -0.15) is 0 Å². The van der Waals surface area contributed by atoms with Crippen LogP contribution in [0.5, 0.6) is 0 Å². The van der Waals surface area contributed by atoms with Crippen molar-refractivity contribution in [2.24, 2.45) is 0 Å². The van der Waals surface area contributed by atoms with Crippen LogP contribution in [0.4, 0.5) is 0 Å². The fraction of sp³-hybridized carbons (Fsp3) is 0.231. The average Bonchev–Trinajstić information content (AvgIpc) is 2.98. The number of pyridine rings is 1. The first-order valence-corrected chi connectivity index (χ1v) is 7.62. The van der Waals surface area contributed by atoms with Crippen LogP contribution < -0.4 is 4.72 Å². The topological polar surface area (TPSA) is 108 Å². The van der Waals surface area contributed by atoms with Crippen molar-refractivity contribution in [3.05, 3.63) is 42.2 Å². The van der Waals surface area contributed by atoms with Crippen molar-refractivity contribution in [3.63, 3.8) is 0 Å². The summed E-state index contributed by atoms with van der Waals surface area (Å²) in [6.07, 6.45) is 6.38. The Balaban J connectivity index is 2.04. The zero-order valence-electron chi connectivity index (χ0n) is 11.1. The zero-order valence-corrected chi connectivity index (χ0v) is 11.9. The van der Waals surface area contributed by atoms with Gasteiger partial charge in [0.2, 0.25) is 10.0 Å². The zero-order chi connectivity index (χ0) is 15.1. The number of aliphatic hydroxyl groups is 1. The SMILES string of the molecule is O=S(=O)(NCCc1cnc[nH]1)c1cncc(C#CCO)c1. The van der Waals surface area contributed by atoms with E-state index in [4.69, 9.17) is 5.11 Å². The third-order valence-corrected chi connectivity index (χ3v) is 4.00. The lowest BCUT2D eigenvalue weighted by Crippen LogP contribution is -2.26. The molecule has 0 fully saturated rings. The van der Waals surface area contributed by atoms with E-state index in [0.717, 1.165) is 5.69 Å². The van der Waals surface area contributed by atoms with Crippen LogP contribution in [0.3, 0.4) is 0 Å². The summed E-state index contributed by atoms with van der Waals surface area (Å²) >= 11 is 0. The molecule has 0 aliphatic rings. The minimum Gasteiger partial charge on any atom is -0.384 e. The summed E-state index contributed by atoms with van der Waals surface area (Å²) < 4.78 is 26.7. The van der Waals surface area contributed by atoms with E-state index in [0.29, 0.717) is 12.0 Å². The highest BCUT2D eigenvalue weighted by Crippen LogP contribution is 2.08. The van der Waals surface area contributed by atoms with Crippen LogP contribution in [0.15, 0.2) is 35.9 Å². The standard InChI is InChI=1S/C13H14N4O3S/c18-5-1-2-11-6-13(9-14-7-11)21(19,20)17-4-3-12-8-15-10-16-12/h6-10,17-18H,3-5H2,(H,15,16). The number of rotatable bonds is 5. The normalized spacial score (nSPS) is 10.9. The lowest BCUT2D eigenvalue weighted by Gasteiger charge is -2.06. The molecule has 2 heterocycles. The molecule has 0 bridgehead atoms. The Bertz CT molecular complexity index is 745. The Morgan fingerprint density at radius 3 is 2.86 bits per heavy atom. The molecule has 7 nitrogen and oxygen atoms in total. The van der Waals surface area contributed by atoms with Gasteiger partial charge in [-0.3, -0.25) is 4.98 Å². The van der Waals surface area contributed by atoms with E-state index in [2.05, 4.69) is 31.5 Å². The van der Waals surface area contributed by atoms with Gasteiger partial charge in [0.05, 0.1) is 6.33 Å². The van der Waals surface area contributed by atoms with Crippen molar-refractivity contribution in [2.75, 3.05) is 13.2 Å². The minimum atomic E-state index is -3.64. The van der Waals surface area contributed by atoms with Gasteiger partial charge in [-0.1, -0.05) is 11.8 Å². The van der Waals surface area contributed by atoms with Crippen molar-refractivity contribution in [1.29, 1.82) is 0 Å². The van der Waals surface area contributed by atoms with Crippen LogP contribution >= 0.6 is 0 Å². The third-order valence-electron chi connectivity index (χ3n) is 2.58. The van der Waals surface area contributed by atoms with Gasteiger partial charge < -0.3 is 10.1 Å². The first kappa shape index (κ1) is 15.2. The van der Waals surface area contributed by atoms with Crippen molar-refractivity contribution in [1.82, 2.24) is 19.7 Å². The maximum atomic E-state index is 12.1. The largest absolute Gasteiger partial charge is 0.384 e. The monoisotopic (exact) mass is 306 g/mol. The highest BCUT2D eigenvalue weighted by molar-refractivity contribution is 7.89. The van der Waals surface area contributed by atoms with Gasteiger partial charge in [-0.15, -0.1) is 0 Å². The van der Waals surface area contributed by atoms with Crippen LogP contribution in [-0.2, 0) is 16.4 Å². The Hall–Kier alpha value is -2.21. The van der Waals surface area contributed by atoms with Crippen molar-refractivity contribution < 1.29 is 13.5 Å². The molecule has 2 aromatic rings. The molecule has 3 N–H and O–H groups in total. The van der Waals surface area contributed by atoms with Crippen molar-refractivity contribution in [3.8, 4) is 11.8 Å². The summed E-state index contributed by atoms with van der Waals surface area (Å²) in [5, 5.41) is 8.63. The van der Waals surface area contributed by atoms with Gasteiger partial charge in [0, 0.05) is 42.8 Å². The molecule has 0 radical (unpaired) electrons. The molecule has 0 amide bonds. The number of aliphatic hydroxyl groups excluding tert-OH is 1. The van der Waals surface area contributed by atoms with Gasteiger partial charge in [-0.05, 0) is 6.07 Å². The fourth-order valence-corrected chi connectivity index (χ4v) is 2.62. The molecule has 0 spiro atoms. The Morgan fingerprint density at radius 2 is 2.14 bits per heavy atom. The molecular formula is C13H14N4O3S. The first-order valence-electron chi connectivity index (χ1n) is 6.13. The maximum absolute atomic E-state index is 12.1. The first-order chi connectivity index (χ1) is 10.1. The average molecular weight is 306 g/mol. The van der Waals surface area contributed by atoms with Crippen LogP contribution in [0, 0.1) is 11.8 Å². The van der Waals surface area contributed by atoms with Crippen LogP contribution in [0.25, 0.3) is 0 Å². The second-order valence-corrected chi connectivity index (χ2v) is 5.86. The second kappa shape index (κ2) is 6.99. The summed E-state index contributed by atoms with van der Waals surface area (Å²) in [6.45, 7) is -0.0452. The number of hydrogen-bond acceptors (Lipinski definition) is 5. The summed E-state index contributed by atoms with van der Waals surface area (Å²) in [5.74, 6) is 5.06. The highest BCUT2D eigenvalue weighted by atomic mass is 32.2. The van der Waals surface area contributed by atoms with Crippen LogP contribution in [0.2, 0.25) is 0 Å². The molecule has 0 aromatic carbocycles. The summed E-state index contributed by atoms with van der Waals surface area (Å²) in [4.78, 5) is 10.6. The van der Waals surface area contributed by atoms with Crippen molar-refractivity contribution >= 4 is 10.0 Å². The smallest absolute Gasteiger partial charge is 0.242 e. The molecule has 110 valence electrons. The molecule has 0 saturated heterocycles. The number of hydrogen-bond donors (Lipinski definition) is 3. The fourth-order valence-electron chi connectivity index (χ4n) is 1.60. The molecule has 0 unspecified atom stereocenters. The molecular weight excluding hydrogens is 292 g/mol. The molecule has 0 saturated carbocycles. The predicted molar refractivity (Wildman–Crippen MR) is 75.7 cm³/mol. The molecule has 2 rings (SSSR count). The lowest BCUT2D eigenvalue weighted by atomic mass is 10.3. The van der Waals surface area contributed by atoms with E-state index in [1.165, 1.54) is 24.8 Å². The molecule has 8 heteroatoms. The molecule has 21 heavy (non-hydrogen) atoms. The van der Waals surface area contributed by atoms with Gasteiger partial charge in [0.25, 0.3) is 0 Å². The number of nitrogens with one attached hydrogen (secondary N) is 2. The summed E-state index contributed by atoms with van der Waals surface area (Å²) in [6, 6.07) is 1.41. The van der Waals surface area contributed by atoms with E-state index in [-0.39, 0.29) is 18.0 Å². The summed E-state index contributed by atoms with van der Waals surface area (Å²) in [5.41, 5.74) is 1.28. The number of sulfonamides is 1. The van der Waals surface area contributed by atoms with Gasteiger partial charge in [0.15, 0.2) is 0 Å². The Morgan fingerprint density at radius 1 is 1.29 bits per heavy atom. The quantitative estimate of drug-likeness (QED) is 0.656. The third kappa shape index (κ3) is 4.39. The van der Waals surface area contributed by atoms with E-state index in [1.54, 1.807) is 6.20 Å². The number of aromatic nitrogens is 3. The van der Waals surface area contributed by atoms with Crippen LogP contribution in [-0.4, -0.2) is 41.6 Å². The van der Waals surface area contributed by atoms with Crippen molar-refractivity contribution in [2.45, 2.75) is 11.3 Å². The number of imidazole rings is 1. The molecule has 0 aliphatic heterocycles. The van der Waals surface area contributed by atoms with Gasteiger partial charge >= 0.3 is 0 Å². The number of aromatic amines is 1. The van der Waals surface area contributed by atoms with E-state index in [9.17, 15) is 8.42 Å². The second-order valence-electron chi connectivity index (χ2n) is 4.09. The van der Waals surface area contributed by atoms with E-state index >= 15 is 0 Å². The van der Waals surface area contributed by atoms with E-state index < -0.39 is 10.0 Å². The molecule has 0 aliphatic carbocycles. The van der Waals surface area contributed by atoms with Gasteiger partial charge in [0.1, 0.15) is 11.5 Å². The van der Waals surface area contributed by atoms with Crippen LogP contribution in [0.1, 0.15) is 11.3 Å². The lowest BCUT2D eigenvalue weighted by molar-refractivity contribution is 0.350. The predicted octanol–water partition coefficient (Wildman–Crippen LogP) is -0.331. The minimum absolute atomic E-state index is 0.0388. The Kier molecular flexibility index (Phi) is 5.05. The van der Waals surface area contributed by atoms with E-state index in [1.807, 2.05) is 0 Å². The van der Waals surface area contributed by atoms with Gasteiger partial charge in [-0.25, -0.2) is 18.1 Å². The Labute approximate surface area is 122 Å². The summed E-state index contributed by atoms with van der Waals surface area (Å²) in [7, 11) is -3.64. The molecule has 0 atom stereocenters. The highest BCUT2D eigenvalue weighted by Gasteiger charge is 2.14. The molecule has 2 aromatic heterocycles. The maximum Gasteiger partial charge on any atom is 0.242 e. The number of H-pyrrole nitrogens is 1. The number of nitrogens with zero attached hydrogens (tertiary/aromatic N) is 2.